The molecule has 3 heterocycles. The fraction of sp³-hybridized carbons (Fsp3) is 0.636. The van der Waals surface area contributed by atoms with E-state index in [1.807, 2.05) is 21.9 Å². The molecule has 152 valence electrons. The number of rotatable bonds is 5. The molecule has 3 saturated heterocycles. The monoisotopic (exact) mass is 385 g/mol. The molecule has 6 heteroatoms. The molecule has 1 atom stereocenters. The predicted octanol–water partition coefficient (Wildman–Crippen LogP) is 1.86. The van der Waals surface area contributed by atoms with E-state index in [1.54, 1.807) is 7.11 Å². The molecule has 0 saturated carbocycles. The molecule has 1 unspecified atom stereocenters. The fourth-order valence-electron chi connectivity index (χ4n) is 4.97. The van der Waals surface area contributed by atoms with Gasteiger partial charge in [-0.1, -0.05) is 12.1 Å². The third-order valence-electron chi connectivity index (χ3n) is 6.78. The topological polar surface area (TPSA) is 61.9 Å². The highest BCUT2D eigenvalue weighted by molar-refractivity contribution is 5.95. The van der Waals surface area contributed by atoms with Crippen LogP contribution in [0, 0.1) is 5.41 Å². The van der Waals surface area contributed by atoms with Crippen LogP contribution in [0.3, 0.4) is 0 Å². The Labute approximate surface area is 167 Å². The normalized spacial score (nSPS) is 25.8. The summed E-state index contributed by atoms with van der Waals surface area (Å²) in [6.07, 6.45) is 3.93. The van der Waals surface area contributed by atoms with Crippen LogP contribution >= 0.6 is 0 Å². The van der Waals surface area contributed by atoms with Gasteiger partial charge in [-0.15, -0.1) is 0 Å². The second-order valence-electron chi connectivity index (χ2n) is 8.44. The van der Waals surface area contributed by atoms with E-state index in [-0.39, 0.29) is 17.2 Å². The molecular formula is C22H31N3O3. The maximum absolute atomic E-state index is 13.0. The molecule has 0 aliphatic carbocycles. The third kappa shape index (κ3) is 3.67. The van der Waals surface area contributed by atoms with E-state index in [2.05, 4.69) is 17.4 Å². The van der Waals surface area contributed by atoms with E-state index in [0.29, 0.717) is 32.2 Å². The van der Waals surface area contributed by atoms with E-state index < -0.39 is 0 Å². The van der Waals surface area contributed by atoms with Crippen molar-refractivity contribution < 1.29 is 14.3 Å². The molecule has 0 aromatic heterocycles. The highest BCUT2D eigenvalue weighted by atomic mass is 16.5. The van der Waals surface area contributed by atoms with Gasteiger partial charge in [0, 0.05) is 38.9 Å². The lowest BCUT2D eigenvalue weighted by molar-refractivity contribution is -0.135. The molecule has 3 fully saturated rings. The first-order valence-corrected chi connectivity index (χ1v) is 10.5. The van der Waals surface area contributed by atoms with Crippen molar-refractivity contribution in [3.8, 4) is 0 Å². The lowest BCUT2D eigenvalue weighted by Gasteiger charge is -2.24. The summed E-state index contributed by atoms with van der Waals surface area (Å²) in [7, 11) is 1.66. The van der Waals surface area contributed by atoms with Gasteiger partial charge < -0.3 is 19.9 Å². The number of likely N-dealkylation sites (tertiary alicyclic amines) is 2. The third-order valence-corrected chi connectivity index (χ3v) is 6.78. The van der Waals surface area contributed by atoms with E-state index >= 15 is 0 Å². The zero-order valence-corrected chi connectivity index (χ0v) is 16.8. The standard InChI is InChI=1S/C22H31N3O3/c1-28-15-14-24-12-8-22(21(24)27)9-13-25(16-22)20(26)19-4-2-17(3-5-19)18-6-10-23-11-7-18/h2-5,18,23H,6-16H2,1H3. The number of carbonyl (C=O) groups excluding carboxylic acids is 2. The number of hydrogen-bond acceptors (Lipinski definition) is 4. The Kier molecular flexibility index (Phi) is 5.69. The molecule has 0 bridgehead atoms. The van der Waals surface area contributed by atoms with Gasteiger partial charge in [0.1, 0.15) is 0 Å². The average Bonchev–Trinajstić information content (AvgIpc) is 3.32. The van der Waals surface area contributed by atoms with E-state index in [0.717, 1.165) is 50.9 Å². The molecule has 3 aliphatic heterocycles. The summed E-state index contributed by atoms with van der Waals surface area (Å²) in [6.45, 7) is 5.32. The first-order chi connectivity index (χ1) is 13.6. The van der Waals surface area contributed by atoms with Crippen molar-refractivity contribution in [1.29, 1.82) is 0 Å². The minimum absolute atomic E-state index is 0.0527. The van der Waals surface area contributed by atoms with Crippen molar-refractivity contribution in [2.75, 3.05) is 53.0 Å². The maximum atomic E-state index is 13.0. The lowest BCUT2D eigenvalue weighted by Crippen LogP contribution is -2.39. The quantitative estimate of drug-likeness (QED) is 0.841. The van der Waals surface area contributed by atoms with E-state index in [1.165, 1.54) is 5.56 Å². The van der Waals surface area contributed by atoms with Crippen molar-refractivity contribution in [2.24, 2.45) is 5.41 Å². The molecule has 1 N–H and O–H groups in total. The number of hydrogen-bond donors (Lipinski definition) is 1. The molecular weight excluding hydrogens is 354 g/mol. The predicted molar refractivity (Wildman–Crippen MR) is 107 cm³/mol. The first-order valence-electron chi connectivity index (χ1n) is 10.5. The number of nitrogens with one attached hydrogen (secondary N) is 1. The summed E-state index contributed by atoms with van der Waals surface area (Å²) in [5.74, 6) is 0.840. The Morgan fingerprint density at radius 3 is 2.61 bits per heavy atom. The number of ether oxygens (including phenoxy) is 1. The van der Waals surface area contributed by atoms with Crippen molar-refractivity contribution in [1.82, 2.24) is 15.1 Å². The Balaban J connectivity index is 1.39. The van der Waals surface area contributed by atoms with Crippen LogP contribution in [0.2, 0.25) is 0 Å². The average molecular weight is 386 g/mol. The van der Waals surface area contributed by atoms with Crippen molar-refractivity contribution in [3.05, 3.63) is 35.4 Å². The highest BCUT2D eigenvalue weighted by Gasteiger charge is 2.51. The van der Waals surface area contributed by atoms with Crippen LogP contribution in [0.25, 0.3) is 0 Å². The van der Waals surface area contributed by atoms with E-state index in [9.17, 15) is 9.59 Å². The smallest absolute Gasteiger partial charge is 0.253 e. The molecule has 2 amide bonds. The molecule has 1 spiro atoms. The summed E-state index contributed by atoms with van der Waals surface area (Å²) >= 11 is 0. The molecule has 3 aliphatic rings. The van der Waals surface area contributed by atoms with Gasteiger partial charge in [0.25, 0.3) is 5.91 Å². The van der Waals surface area contributed by atoms with Crippen LogP contribution in [0.4, 0.5) is 0 Å². The Morgan fingerprint density at radius 2 is 1.89 bits per heavy atom. The Bertz CT molecular complexity index is 714. The summed E-state index contributed by atoms with van der Waals surface area (Å²) in [5, 5.41) is 3.39. The van der Waals surface area contributed by atoms with E-state index in [4.69, 9.17) is 4.74 Å². The van der Waals surface area contributed by atoms with Crippen LogP contribution in [0.1, 0.15) is 47.5 Å². The number of amides is 2. The summed E-state index contributed by atoms with van der Waals surface area (Å²) in [4.78, 5) is 29.7. The Morgan fingerprint density at radius 1 is 1.18 bits per heavy atom. The van der Waals surface area contributed by atoms with Crippen molar-refractivity contribution >= 4 is 11.8 Å². The van der Waals surface area contributed by atoms with Crippen molar-refractivity contribution in [3.63, 3.8) is 0 Å². The lowest BCUT2D eigenvalue weighted by atomic mass is 9.85. The largest absolute Gasteiger partial charge is 0.383 e. The van der Waals surface area contributed by atoms with Crippen molar-refractivity contribution in [2.45, 2.75) is 31.6 Å². The van der Waals surface area contributed by atoms with Crippen LogP contribution in [0.5, 0.6) is 0 Å². The van der Waals surface area contributed by atoms with Crippen LogP contribution in [-0.4, -0.2) is 74.6 Å². The second-order valence-corrected chi connectivity index (χ2v) is 8.44. The molecule has 4 rings (SSSR count). The highest BCUT2D eigenvalue weighted by Crippen LogP contribution is 2.41. The molecule has 28 heavy (non-hydrogen) atoms. The number of methoxy groups -OCH3 is 1. The van der Waals surface area contributed by atoms with Gasteiger partial charge in [-0.25, -0.2) is 0 Å². The van der Waals surface area contributed by atoms with Gasteiger partial charge in [0.15, 0.2) is 0 Å². The molecule has 6 nitrogen and oxygen atoms in total. The maximum Gasteiger partial charge on any atom is 0.253 e. The van der Waals surface area contributed by atoms with Gasteiger partial charge in [0.2, 0.25) is 5.91 Å². The zero-order valence-electron chi connectivity index (χ0n) is 16.8. The van der Waals surface area contributed by atoms with Crippen LogP contribution in [0.15, 0.2) is 24.3 Å². The number of nitrogens with zero attached hydrogens (tertiary/aromatic N) is 2. The summed E-state index contributed by atoms with van der Waals surface area (Å²) in [6, 6.07) is 8.16. The van der Waals surface area contributed by atoms with Gasteiger partial charge in [-0.3, -0.25) is 9.59 Å². The molecule has 0 radical (unpaired) electrons. The van der Waals surface area contributed by atoms with Gasteiger partial charge in [0.05, 0.1) is 12.0 Å². The second kappa shape index (κ2) is 8.21. The number of carbonyl (C=O) groups is 2. The fourth-order valence-corrected chi connectivity index (χ4v) is 4.97. The summed E-state index contributed by atoms with van der Waals surface area (Å²) < 4.78 is 5.11. The van der Waals surface area contributed by atoms with Crippen LogP contribution in [-0.2, 0) is 9.53 Å². The number of piperidine rings is 1. The zero-order chi connectivity index (χ0) is 19.6. The summed E-state index contributed by atoms with van der Waals surface area (Å²) in [5.41, 5.74) is 1.69. The van der Waals surface area contributed by atoms with Gasteiger partial charge >= 0.3 is 0 Å². The Hall–Kier alpha value is -1.92. The van der Waals surface area contributed by atoms with Crippen LogP contribution < -0.4 is 5.32 Å². The van der Waals surface area contributed by atoms with Gasteiger partial charge in [-0.2, -0.15) is 0 Å². The first kappa shape index (κ1) is 19.4. The minimum atomic E-state index is -0.377. The molecule has 1 aromatic carbocycles. The number of benzene rings is 1. The minimum Gasteiger partial charge on any atom is -0.383 e. The molecule has 1 aromatic rings. The SMILES string of the molecule is COCCN1CCC2(CCN(C(=O)c3ccc(C4CCNCC4)cc3)C2)C1=O. The van der Waals surface area contributed by atoms with Gasteiger partial charge in [-0.05, 0) is 62.4 Å².